The van der Waals surface area contributed by atoms with E-state index >= 15 is 0 Å². The maximum absolute atomic E-state index is 3.30. The smallest absolute Gasteiger partial charge is 1.00 e. The van der Waals surface area contributed by atoms with E-state index in [4.69, 9.17) is 0 Å². The standard InChI is InChI=1S/C21H25.C10H15.C3H6.2ClH.Zr/c1-20(2,3)16-9-7-14-11-15-8-10-17(21(4,5)6)13-19(15)18(14)12-16;1-8-5-6-9(7-8)10(2,3)4;1-3-2;;;/h7-13H,1-6H3;7H,6H2,1-4H3;1-2H3;2*1H;/q2*-1;;;;+2/p-2. The van der Waals surface area contributed by atoms with Crippen molar-refractivity contribution in [3.05, 3.63) is 76.9 Å². The zero-order chi connectivity index (χ0) is 26.8. The van der Waals surface area contributed by atoms with E-state index in [1.165, 1.54) is 47.0 Å². The molecule has 1 aliphatic carbocycles. The van der Waals surface area contributed by atoms with E-state index in [1.807, 2.05) is 0 Å². The van der Waals surface area contributed by atoms with Crippen molar-refractivity contribution in [1.82, 2.24) is 0 Å². The van der Waals surface area contributed by atoms with Crippen molar-refractivity contribution in [3.63, 3.8) is 0 Å². The molecule has 37 heavy (non-hydrogen) atoms. The first kappa shape index (κ1) is 36.1. The zero-order valence-electron chi connectivity index (χ0n) is 25.1. The van der Waals surface area contributed by atoms with Gasteiger partial charge in [0, 0.05) is 0 Å². The Balaban J connectivity index is 0.000000684. The van der Waals surface area contributed by atoms with Gasteiger partial charge in [0.05, 0.1) is 0 Å². The van der Waals surface area contributed by atoms with Crippen LogP contribution in [0.15, 0.2) is 59.7 Å². The van der Waals surface area contributed by atoms with Gasteiger partial charge in [0.1, 0.15) is 0 Å². The Morgan fingerprint density at radius 1 is 0.730 bits per heavy atom. The molecule has 0 unspecified atom stereocenters. The van der Waals surface area contributed by atoms with Gasteiger partial charge in [-0.2, -0.15) is 5.57 Å². The fourth-order valence-corrected chi connectivity index (χ4v) is 4.01. The Morgan fingerprint density at radius 2 is 1.11 bits per heavy atom. The van der Waals surface area contributed by atoms with Gasteiger partial charge >= 0.3 is 41.3 Å². The van der Waals surface area contributed by atoms with E-state index < -0.39 is 0 Å². The first-order valence-corrected chi connectivity index (χ1v) is 14.1. The van der Waals surface area contributed by atoms with Crippen molar-refractivity contribution in [2.24, 2.45) is 5.41 Å². The molecular formula is C34H46Cl2Zr-2. The minimum atomic E-state index is 0. The van der Waals surface area contributed by atoms with Crippen LogP contribution in [0.2, 0.25) is 0 Å². The predicted molar refractivity (Wildman–Crippen MR) is 155 cm³/mol. The van der Waals surface area contributed by atoms with Crippen LogP contribution < -0.4 is 24.8 Å². The normalized spacial score (nSPS) is 13.4. The zero-order valence-corrected chi connectivity index (χ0v) is 29.1. The fraction of sp³-hybridized carbons (Fsp3) is 0.471. The molecule has 0 bridgehead atoms. The average molecular weight is 617 g/mol. The third kappa shape index (κ3) is 10.7. The van der Waals surface area contributed by atoms with E-state index in [9.17, 15) is 0 Å². The van der Waals surface area contributed by atoms with Crippen molar-refractivity contribution in [2.75, 3.05) is 0 Å². The molecule has 0 saturated heterocycles. The SMILES string of the molecule is CC(C)(C)c1ccc2[cH-]c3ccc(C(C)(C)C)cc3c2c1.CC1=[C-]CC(C(C)(C)C)=C1.C[C](C)=[Zr+2].[Cl-].[Cl-]. The summed E-state index contributed by atoms with van der Waals surface area (Å²) in [6.45, 7) is 26.8. The van der Waals surface area contributed by atoms with Crippen molar-refractivity contribution in [1.29, 1.82) is 0 Å². The van der Waals surface area contributed by atoms with Crippen LogP contribution >= 0.6 is 0 Å². The van der Waals surface area contributed by atoms with E-state index in [-0.39, 0.29) is 35.6 Å². The Bertz CT molecular complexity index is 1180. The second-order valence-electron chi connectivity index (χ2n) is 13.2. The van der Waals surface area contributed by atoms with Gasteiger partial charge in [-0.1, -0.05) is 105 Å². The van der Waals surface area contributed by atoms with Crippen LogP contribution in [0.25, 0.3) is 21.5 Å². The van der Waals surface area contributed by atoms with Gasteiger partial charge in [0.25, 0.3) is 0 Å². The van der Waals surface area contributed by atoms with Crippen LogP contribution in [0.5, 0.6) is 0 Å². The van der Waals surface area contributed by atoms with Gasteiger partial charge in [-0.05, 0) is 16.2 Å². The molecule has 0 nitrogen and oxygen atoms in total. The molecular weight excluding hydrogens is 571 g/mol. The molecule has 0 aromatic heterocycles. The minimum absolute atomic E-state index is 0. The molecule has 3 aromatic carbocycles. The van der Waals surface area contributed by atoms with Crippen LogP contribution in [0.1, 0.15) is 101 Å². The summed E-state index contributed by atoms with van der Waals surface area (Å²) in [7, 11) is 0. The Morgan fingerprint density at radius 3 is 1.35 bits per heavy atom. The number of hydrogen-bond acceptors (Lipinski definition) is 0. The summed E-state index contributed by atoms with van der Waals surface area (Å²) >= 11 is 1.55. The van der Waals surface area contributed by atoms with Gasteiger partial charge in [0.2, 0.25) is 0 Å². The molecule has 0 atom stereocenters. The van der Waals surface area contributed by atoms with E-state index in [0.717, 1.165) is 6.42 Å². The van der Waals surface area contributed by atoms with Gasteiger partial charge < -0.3 is 24.8 Å². The molecule has 4 rings (SSSR count). The number of rotatable bonds is 0. The number of fused-ring (bicyclic) bond motifs is 3. The number of hydrogen-bond donors (Lipinski definition) is 0. The van der Waals surface area contributed by atoms with Crippen LogP contribution in [-0.2, 0) is 35.1 Å². The maximum Gasteiger partial charge on any atom is -1.00 e. The maximum atomic E-state index is 3.30. The van der Waals surface area contributed by atoms with Crippen LogP contribution in [0, 0.1) is 11.5 Å². The van der Waals surface area contributed by atoms with Crippen LogP contribution in [0.4, 0.5) is 0 Å². The molecule has 3 aromatic rings. The molecule has 1 aliphatic rings. The molecule has 0 N–H and O–H groups in total. The number of allylic oxidation sites excluding steroid dienone is 4. The summed E-state index contributed by atoms with van der Waals surface area (Å²) in [6.07, 6.45) is 6.59. The van der Waals surface area contributed by atoms with Gasteiger partial charge in [-0.25, -0.2) is 11.6 Å². The van der Waals surface area contributed by atoms with Crippen molar-refractivity contribution in [3.8, 4) is 0 Å². The fourth-order valence-electron chi connectivity index (χ4n) is 4.01. The molecule has 0 heterocycles. The van der Waals surface area contributed by atoms with Crippen LogP contribution in [-0.4, -0.2) is 3.21 Å². The summed E-state index contributed by atoms with van der Waals surface area (Å²) in [5.41, 5.74) is 6.34. The second kappa shape index (κ2) is 14.0. The van der Waals surface area contributed by atoms with E-state index in [2.05, 4.69) is 138 Å². The average Bonchev–Trinajstić information content (AvgIpc) is 3.29. The van der Waals surface area contributed by atoms with Crippen LogP contribution in [0.3, 0.4) is 0 Å². The quantitative estimate of drug-likeness (QED) is 0.333. The topological polar surface area (TPSA) is 0 Å². The molecule has 0 fully saturated rings. The third-order valence-electron chi connectivity index (χ3n) is 6.35. The summed E-state index contributed by atoms with van der Waals surface area (Å²) < 4.78 is 1.51. The second-order valence-corrected chi connectivity index (χ2v) is 15.7. The summed E-state index contributed by atoms with van der Waals surface area (Å²) in [5.74, 6) is 0. The molecule has 0 radical (unpaired) electrons. The van der Waals surface area contributed by atoms with Gasteiger partial charge in [-0.15, -0.1) is 46.2 Å². The Kier molecular flexibility index (Phi) is 13.6. The van der Waals surface area contributed by atoms with Gasteiger partial charge in [-0.3, -0.25) is 6.08 Å². The monoisotopic (exact) mass is 614 g/mol. The Hall–Kier alpha value is -0.877. The molecule has 0 aliphatic heterocycles. The first-order valence-electron chi connectivity index (χ1n) is 12.8. The summed E-state index contributed by atoms with van der Waals surface area (Å²) in [4.78, 5) is 0. The molecule has 3 heteroatoms. The van der Waals surface area contributed by atoms with Crippen molar-refractivity contribution >= 4 is 24.8 Å². The minimum Gasteiger partial charge on any atom is -1.00 e. The third-order valence-corrected chi connectivity index (χ3v) is 6.35. The molecule has 202 valence electrons. The summed E-state index contributed by atoms with van der Waals surface area (Å²) in [6, 6.07) is 16.1. The predicted octanol–water partition coefficient (Wildman–Crippen LogP) is 4.17. The van der Waals surface area contributed by atoms with Gasteiger partial charge in [0.15, 0.2) is 0 Å². The Labute approximate surface area is 254 Å². The first-order chi connectivity index (χ1) is 15.9. The molecule has 0 spiro atoms. The summed E-state index contributed by atoms with van der Waals surface area (Å²) in [5, 5.41) is 5.49. The van der Waals surface area contributed by atoms with E-state index in [1.54, 1.807) is 24.2 Å². The largest absolute Gasteiger partial charge is 1.00 e. The molecule has 0 saturated carbocycles. The molecule has 0 amide bonds. The number of benzene rings is 2. The van der Waals surface area contributed by atoms with E-state index in [0.29, 0.717) is 5.41 Å². The van der Waals surface area contributed by atoms with Crippen molar-refractivity contribution < 1.29 is 49.0 Å². The van der Waals surface area contributed by atoms with Crippen molar-refractivity contribution in [2.45, 2.75) is 100 Å². The number of halogens is 2.